The molecule has 2 nitrogen and oxygen atoms in total. The average Bonchev–Trinajstić information content (AvgIpc) is 2.34. The third-order valence-corrected chi connectivity index (χ3v) is 3.04. The number of carboxylic acid groups (broad SMARTS) is 1. The number of hydrogen-bond donors (Lipinski definition) is 1. The summed E-state index contributed by atoms with van der Waals surface area (Å²) >= 11 is 0. The van der Waals surface area contributed by atoms with Crippen LogP contribution in [0.25, 0.3) is 5.57 Å². The fourth-order valence-corrected chi connectivity index (χ4v) is 1.97. The molecule has 0 aliphatic rings. The monoisotopic (exact) mass is 246 g/mol. The van der Waals surface area contributed by atoms with E-state index in [0.717, 1.165) is 6.42 Å². The maximum absolute atomic E-state index is 10.5. The van der Waals surface area contributed by atoms with Gasteiger partial charge in [0.15, 0.2) is 0 Å². The van der Waals surface area contributed by atoms with Crippen LogP contribution >= 0.6 is 0 Å². The fourth-order valence-electron chi connectivity index (χ4n) is 1.97. The minimum Gasteiger partial charge on any atom is -0.481 e. The van der Waals surface area contributed by atoms with Crippen molar-refractivity contribution in [2.45, 2.75) is 40.0 Å². The van der Waals surface area contributed by atoms with E-state index in [4.69, 9.17) is 5.11 Å². The van der Waals surface area contributed by atoms with Crippen molar-refractivity contribution in [1.29, 1.82) is 0 Å². The molecule has 0 atom stereocenters. The van der Waals surface area contributed by atoms with Gasteiger partial charge in [0.25, 0.3) is 0 Å². The first kappa shape index (κ1) is 14.5. The van der Waals surface area contributed by atoms with Crippen molar-refractivity contribution in [3.05, 3.63) is 41.5 Å². The van der Waals surface area contributed by atoms with Gasteiger partial charge in [-0.15, -0.1) is 0 Å². The molecule has 1 aromatic carbocycles. The van der Waals surface area contributed by atoms with Crippen LogP contribution in [0.1, 0.15) is 44.7 Å². The number of aliphatic carboxylic acids is 1. The molecule has 0 heterocycles. The molecule has 1 N–H and O–H groups in total. The summed E-state index contributed by atoms with van der Waals surface area (Å²) in [5.74, 6) is -0.332. The summed E-state index contributed by atoms with van der Waals surface area (Å²) in [5, 5.41) is 8.67. The van der Waals surface area contributed by atoms with Crippen molar-refractivity contribution < 1.29 is 9.90 Å². The Morgan fingerprint density at radius 1 is 1.28 bits per heavy atom. The van der Waals surface area contributed by atoms with Crippen molar-refractivity contribution in [2.24, 2.45) is 5.92 Å². The van der Waals surface area contributed by atoms with Crippen LogP contribution in [0.4, 0.5) is 0 Å². The Kier molecular flexibility index (Phi) is 5.63. The normalized spacial score (nSPS) is 11.9. The molecule has 0 bridgehead atoms. The summed E-state index contributed by atoms with van der Waals surface area (Å²) in [6.45, 7) is 6.42. The molecule has 1 rings (SSSR count). The van der Waals surface area contributed by atoms with Crippen molar-refractivity contribution in [3.63, 3.8) is 0 Å². The van der Waals surface area contributed by atoms with Crippen LogP contribution < -0.4 is 0 Å². The lowest BCUT2D eigenvalue weighted by molar-refractivity contribution is -0.136. The molecule has 1 aromatic rings. The predicted molar refractivity (Wildman–Crippen MR) is 75.5 cm³/mol. The zero-order valence-electron chi connectivity index (χ0n) is 11.4. The van der Waals surface area contributed by atoms with Crippen LogP contribution in [0.3, 0.4) is 0 Å². The van der Waals surface area contributed by atoms with E-state index in [-0.39, 0.29) is 6.42 Å². The molecule has 0 saturated heterocycles. The third-order valence-electron chi connectivity index (χ3n) is 3.04. The Morgan fingerprint density at radius 3 is 2.33 bits per heavy atom. The van der Waals surface area contributed by atoms with Crippen LogP contribution in [-0.2, 0) is 11.2 Å². The summed E-state index contributed by atoms with van der Waals surface area (Å²) in [6, 6.07) is 8.54. The van der Waals surface area contributed by atoms with Crippen molar-refractivity contribution in [3.8, 4) is 0 Å². The molecule has 0 fully saturated rings. The van der Waals surface area contributed by atoms with Gasteiger partial charge in [-0.1, -0.05) is 51.1 Å². The van der Waals surface area contributed by atoms with Crippen molar-refractivity contribution in [2.75, 3.05) is 0 Å². The maximum Gasteiger partial charge on any atom is 0.303 e. The van der Waals surface area contributed by atoms with Gasteiger partial charge in [0.05, 0.1) is 0 Å². The lowest BCUT2D eigenvalue weighted by Crippen LogP contribution is -1.97. The van der Waals surface area contributed by atoms with Gasteiger partial charge in [-0.25, -0.2) is 0 Å². The second kappa shape index (κ2) is 7.00. The highest BCUT2D eigenvalue weighted by Gasteiger charge is 2.06. The largest absolute Gasteiger partial charge is 0.481 e. The summed E-state index contributed by atoms with van der Waals surface area (Å²) in [7, 11) is 0. The van der Waals surface area contributed by atoms with Gasteiger partial charge in [0, 0.05) is 6.42 Å². The first-order chi connectivity index (χ1) is 8.54. The van der Waals surface area contributed by atoms with E-state index < -0.39 is 5.97 Å². The fraction of sp³-hybridized carbons (Fsp3) is 0.438. The highest BCUT2D eigenvalue weighted by molar-refractivity contribution is 5.69. The first-order valence-electron chi connectivity index (χ1n) is 6.55. The van der Waals surface area contributed by atoms with Crippen LogP contribution in [0.2, 0.25) is 0 Å². The van der Waals surface area contributed by atoms with Crippen LogP contribution in [-0.4, -0.2) is 11.1 Å². The van der Waals surface area contributed by atoms with Gasteiger partial charge in [0.2, 0.25) is 0 Å². The van der Waals surface area contributed by atoms with E-state index in [1.807, 2.05) is 0 Å². The topological polar surface area (TPSA) is 37.3 Å². The Morgan fingerprint density at radius 2 is 1.89 bits per heavy atom. The Labute approximate surface area is 109 Å². The molecular formula is C16H22O2. The van der Waals surface area contributed by atoms with Gasteiger partial charge in [-0.2, -0.15) is 0 Å². The number of carboxylic acids is 1. The van der Waals surface area contributed by atoms with E-state index in [0.29, 0.717) is 12.3 Å². The highest BCUT2D eigenvalue weighted by Crippen LogP contribution is 2.24. The second-order valence-electron chi connectivity index (χ2n) is 4.80. The SMILES string of the molecule is CCc1ccc(/C(=C/CCC(=O)O)C(C)C)cc1. The smallest absolute Gasteiger partial charge is 0.303 e. The van der Waals surface area contributed by atoms with Gasteiger partial charge in [-0.05, 0) is 35.5 Å². The molecule has 0 unspecified atom stereocenters. The van der Waals surface area contributed by atoms with Crippen LogP contribution in [0.5, 0.6) is 0 Å². The number of carbonyl (C=O) groups is 1. The summed E-state index contributed by atoms with van der Waals surface area (Å²) in [5.41, 5.74) is 3.76. The average molecular weight is 246 g/mol. The molecule has 2 heteroatoms. The molecular weight excluding hydrogens is 224 g/mol. The van der Waals surface area contributed by atoms with Crippen LogP contribution in [0, 0.1) is 5.92 Å². The molecule has 0 aliphatic carbocycles. The second-order valence-corrected chi connectivity index (χ2v) is 4.80. The van der Waals surface area contributed by atoms with E-state index in [2.05, 4.69) is 51.1 Å². The van der Waals surface area contributed by atoms with Crippen LogP contribution in [0.15, 0.2) is 30.3 Å². The van der Waals surface area contributed by atoms with E-state index in [1.54, 1.807) is 0 Å². The van der Waals surface area contributed by atoms with Gasteiger partial charge in [-0.3, -0.25) is 4.79 Å². The summed E-state index contributed by atoms with van der Waals surface area (Å²) in [4.78, 5) is 10.5. The minimum absolute atomic E-state index is 0.198. The Balaban J connectivity index is 2.86. The minimum atomic E-state index is -0.740. The van der Waals surface area contributed by atoms with Crippen molar-refractivity contribution in [1.82, 2.24) is 0 Å². The van der Waals surface area contributed by atoms with Gasteiger partial charge in [0.1, 0.15) is 0 Å². The molecule has 18 heavy (non-hydrogen) atoms. The number of benzene rings is 1. The Hall–Kier alpha value is -1.57. The lowest BCUT2D eigenvalue weighted by Gasteiger charge is -2.12. The summed E-state index contributed by atoms with van der Waals surface area (Å²) in [6.07, 6.45) is 3.89. The van der Waals surface area contributed by atoms with Crippen molar-refractivity contribution >= 4 is 11.5 Å². The van der Waals surface area contributed by atoms with E-state index in [9.17, 15) is 4.79 Å². The molecule has 0 aliphatic heterocycles. The lowest BCUT2D eigenvalue weighted by atomic mass is 9.93. The number of aryl methyl sites for hydroxylation is 1. The summed E-state index contributed by atoms with van der Waals surface area (Å²) < 4.78 is 0. The molecule has 0 radical (unpaired) electrons. The quantitative estimate of drug-likeness (QED) is 0.818. The highest BCUT2D eigenvalue weighted by atomic mass is 16.4. The molecule has 0 aromatic heterocycles. The predicted octanol–water partition coefficient (Wildman–Crippen LogP) is 4.15. The Bertz CT molecular complexity index is 413. The number of hydrogen-bond acceptors (Lipinski definition) is 1. The first-order valence-corrected chi connectivity index (χ1v) is 6.55. The third kappa shape index (κ3) is 4.36. The number of allylic oxidation sites excluding steroid dienone is 2. The van der Waals surface area contributed by atoms with Gasteiger partial charge >= 0.3 is 5.97 Å². The van der Waals surface area contributed by atoms with E-state index >= 15 is 0 Å². The molecule has 0 amide bonds. The van der Waals surface area contributed by atoms with E-state index in [1.165, 1.54) is 16.7 Å². The van der Waals surface area contributed by atoms with Gasteiger partial charge < -0.3 is 5.11 Å². The maximum atomic E-state index is 10.5. The standard InChI is InChI=1S/C16H22O2/c1-4-13-8-10-14(11-9-13)15(12(2)3)6-5-7-16(17)18/h6,8-12H,4-5,7H2,1-3H3,(H,17,18)/b15-6+. The molecule has 0 spiro atoms. The zero-order chi connectivity index (χ0) is 13.5. The molecule has 98 valence electrons. The molecule has 0 saturated carbocycles. The number of rotatable bonds is 6. The zero-order valence-corrected chi connectivity index (χ0v) is 11.4.